The van der Waals surface area contributed by atoms with E-state index in [0.29, 0.717) is 24.2 Å². The number of anilines is 1. The van der Waals surface area contributed by atoms with Gasteiger partial charge >= 0.3 is 0 Å². The Hall–Kier alpha value is -2.25. The quantitative estimate of drug-likeness (QED) is 0.783. The monoisotopic (exact) mass is 384 g/mol. The van der Waals surface area contributed by atoms with Gasteiger partial charge in [-0.2, -0.15) is 0 Å². The molecule has 0 spiro atoms. The lowest BCUT2D eigenvalue weighted by atomic mass is 10.0. The maximum Gasteiger partial charge on any atom is 0.256 e. The minimum atomic E-state index is -0.533. The molecule has 0 N–H and O–H groups in total. The van der Waals surface area contributed by atoms with Gasteiger partial charge in [0, 0.05) is 32.7 Å². The van der Waals surface area contributed by atoms with Gasteiger partial charge in [0.1, 0.15) is 6.04 Å². The first kappa shape index (κ1) is 19.1. The number of para-hydroxylation sites is 1. The van der Waals surface area contributed by atoms with Crippen LogP contribution in [-0.2, 0) is 9.59 Å². The van der Waals surface area contributed by atoms with Crippen LogP contribution in [0.2, 0.25) is 0 Å². The Labute approximate surface area is 165 Å². The van der Waals surface area contributed by atoms with Crippen LogP contribution in [0, 0.1) is 0 Å². The number of piperidine rings is 1. The minimum absolute atomic E-state index is 0.138. The Balaban J connectivity index is 1.61. The molecule has 3 amide bonds. The molecule has 1 aromatic carbocycles. The molecule has 2 fully saturated rings. The molecule has 0 aliphatic carbocycles. The zero-order valence-electron chi connectivity index (χ0n) is 16.5. The van der Waals surface area contributed by atoms with Crippen LogP contribution in [0.15, 0.2) is 24.3 Å². The number of imide groups is 1. The van der Waals surface area contributed by atoms with Crippen molar-refractivity contribution in [3.05, 3.63) is 29.8 Å². The van der Waals surface area contributed by atoms with Gasteiger partial charge in [-0.05, 0) is 37.9 Å². The smallest absolute Gasteiger partial charge is 0.256 e. The van der Waals surface area contributed by atoms with Crippen molar-refractivity contribution in [1.82, 2.24) is 14.7 Å². The first-order valence-electron chi connectivity index (χ1n) is 10.3. The van der Waals surface area contributed by atoms with Crippen LogP contribution in [0.25, 0.3) is 0 Å². The topological polar surface area (TPSA) is 64.2 Å². The van der Waals surface area contributed by atoms with E-state index in [0.717, 1.165) is 45.6 Å². The lowest BCUT2D eigenvalue weighted by Gasteiger charge is -2.36. The number of piperazine rings is 1. The van der Waals surface area contributed by atoms with Crippen LogP contribution in [0.1, 0.15) is 36.5 Å². The Kier molecular flexibility index (Phi) is 5.46. The Morgan fingerprint density at radius 2 is 1.71 bits per heavy atom. The summed E-state index contributed by atoms with van der Waals surface area (Å²) in [5.74, 6) is -0.627. The number of hydrogen-bond acceptors (Lipinski definition) is 5. The van der Waals surface area contributed by atoms with Crippen molar-refractivity contribution in [2.45, 2.75) is 32.2 Å². The second-order valence-corrected chi connectivity index (χ2v) is 7.81. The first-order chi connectivity index (χ1) is 13.6. The maximum atomic E-state index is 13.4. The standard InChI is InChI=1S/C21H28N4O3/c1-2-22-11-13-23(14-12-22)15-19(26)25-17-8-4-3-7-16(17)20(27)24-10-6-5-9-18(24)21(25)28/h3-4,7-8,18H,2,5-6,9-15H2,1H3. The van der Waals surface area contributed by atoms with Crippen molar-refractivity contribution < 1.29 is 14.4 Å². The van der Waals surface area contributed by atoms with Gasteiger partial charge in [-0.1, -0.05) is 19.1 Å². The van der Waals surface area contributed by atoms with E-state index in [2.05, 4.69) is 16.7 Å². The summed E-state index contributed by atoms with van der Waals surface area (Å²) in [6, 6.07) is 6.48. The normalized spacial score (nSPS) is 24.0. The molecule has 28 heavy (non-hydrogen) atoms. The largest absolute Gasteiger partial charge is 0.327 e. The summed E-state index contributed by atoms with van der Waals surface area (Å²) >= 11 is 0. The van der Waals surface area contributed by atoms with Crippen molar-refractivity contribution in [2.24, 2.45) is 0 Å². The van der Waals surface area contributed by atoms with Crippen molar-refractivity contribution in [3.8, 4) is 0 Å². The fraction of sp³-hybridized carbons (Fsp3) is 0.571. The van der Waals surface area contributed by atoms with E-state index in [1.54, 1.807) is 29.2 Å². The van der Waals surface area contributed by atoms with Gasteiger partial charge in [-0.15, -0.1) is 0 Å². The number of likely N-dealkylation sites (N-methyl/N-ethyl adjacent to an activating group) is 1. The predicted molar refractivity (Wildman–Crippen MR) is 106 cm³/mol. The fourth-order valence-electron chi connectivity index (χ4n) is 4.49. The number of benzene rings is 1. The van der Waals surface area contributed by atoms with Crippen LogP contribution in [0.4, 0.5) is 5.69 Å². The second kappa shape index (κ2) is 8.01. The number of fused-ring (bicyclic) bond motifs is 2. The summed E-state index contributed by atoms with van der Waals surface area (Å²) in [5.41, 5.74) is 0.883. The molecule has 0 aromatic heterocycles. The third kappa shape index (κ3) is 3.44. The van der Waals surface area contributed by atoms with Crippen LogP contribution >= 0.6 is 0 Å². The van der Waals surface area contributed by atoms with Crippen LogP contribution in [-0.4, -0.2) is 84.3 Å². The molecule has 2 saturated heterocycles. The number of hydrogen-bond donors (Lipinski definition) is 0. The fourth-order valence-corrected chi connectivity index (χ4v) is 4.49. The molecule has 3 aliphatic heterocycles. The lowest BCUT2D eigenvalue weighted by molar-refractivity contribution is -0.130. The number of amides is 3. The van der Waals surface area contributed by atoms with E-state index in [-0.39, 0.29) is 24.3 Å². The van der Waals surface area contributed by atoms with Crippen LogP contribution < -0.4 is 4.90 Å². The lowest BCUT2D eigenvalue weighted by Crippen LogP contribution is -2.55. The summed E-state index contributed by atoms with van der Waals surface area (Å²) in [7, 11) is 0. The number of rotatable bonds is 3. The third-order valence-electron chi connectivity index (χ3n) is 6.16. The van der Waals surface area contributed by atoms with Gasteiger partial charge < -0.3 is 9.80 Å². The van der Waals surface area contributed by atoms with Crippen molar-refractivity contribution in [3.63, 3.8) is 0 Å². The zero-order chi connectivity index (χ0) is 19.7. The molecule has 3 heterocycles. The van der Waals surface area contributed by atoms with Crippen LogP contribution in [0.5, 0.6) is 0 Å². The average Bonchev–Trinajstić information content (AvgIpc) is 2.82. The molecule has 0 radical (unpaired) electrons. The highest BCUT2D eigenvalue weighted by Crippen LogP contribution is 2.32. The summed E-state index contributed by atoms with van der Waals surface area (Å²) in [6.07, 6.45) is 2.42. The first-order valence-corrected chi connectivity index (χ1v) is 10.3. The Bertz CT molecular complexity index is 773. The molecule has 0 bridgehead atoms. The number of carbonyl (C=O) groups is 3. The number of nitrogens with zero attached hydrogens (tertiary/aromatic N) is 4. The van der Waals surface area contributed by atoms with Gasteiger partial charge in [0.25, 0.3) is 11.8 Å². The third-order valence-corrected chi connectivity index (χ3v) is 6.16. The van der Waals surface area contributed by atoms with E-state index in [4.69, 9.17) is 0 Å². The highest BCUT2D eigenvalue weighted by molar-refractivity contribution is 6.22. The average molecular weight is 384 g/mol. The van der Waals surface area contributed by atoms with Gasteiger partial charge in [0.2, 0.25) is 5.91 Å². The van der Waals surface area contributed by atoms with Gasteiger partial charge in [-0.3, -0.25) is 19.3 Å². The molecule has 150 valence electrons. The van der Waals surface area contributed by atoms with E-state index in [1.165, 1.54) is 4.90 Å². The Morgan fingerprint density at radius 1 is 1.00 bits per heavy atom. The molecule has 3 aliphatic rings. The molecule has 7 heteroatoms. The summed E-state index contributed by atoms with van der Waals surface area (Å²) in [5, 5.41) is 0. The van der Waals surface area contributed by atoms with Crippen molar-refractivity contribution in [1.29, 1.82) is 0 Å². The molecule has 1 unspecified atom stereocenters. The molecule has 1 aromatic rings. The number of carbonyl (C=O) groups excluding carboxylic acids is 3. The van der Waals surface area contributed by atoms with Crippen molar-refractivity contribution >= 4 is 23.4 Å². The van der Waals surface area contributed by atoms with E-state index >= 15 is 0 Å². The van der Waals surface area contributed by atoms with Gasteiger partial charge in [0.05, 0.1) is 17.8 Å². The van der Waals surface area contributed by atoms with Gasteiger partial charge in [0.15, 0.2) is 0 Å². The summed E-state index contributed by atoms with van der Waals surface area (Å²) in [4.78, 5) is 47.1. The van der Waals surface area contributed by atoms with E-state index < -0.39 is 6.04 Å². The SMILES string of the molecule is CCN1CCN(CC(=O)N2C(=O)C3CCCCN3C(=O)c3ccccc32)CC1. The molecule has 7 nitrogen and oxygen atoms in total. The zero-order valence-corrected chi connectivity index (χ0v) is 16.5. The Morgan fingerprint density at radius 3 is 2.46 bits per heavy atom. The predicted octanol–water partition coefficient (Wildman–Crippen LogP) is 1.19. The maximum absolute atomic E-state index is 13.4. The van der Waals surface area contributed by atoms with E-state index in [1.807, 2.05) is 0 Å². The summed E-state index contributed by atoms with van der Waals surface area (Å²) in [6.45, 7) is 7.44. The van der Waals surface area contributed by atoms with Crippen LogP contribution in [0.3, 0.4) is 0 Å². The second-order valence-electron chi connectivity index (χ2n) is 7.81. The highest BCUT2D eigenvalue weighted by Gasteiger charge is 2.42. The summed E-state index contributed by atoms with van der Waals surface area (Å²) < 4.78 is 0. The molecular formula is C21H28N4O3. The molecule has 1 atom stereocenters. The van der Waals surface area contributed by atoms with Gasteiger partial charge in [-0.25, -0.2) is 4.90 Å². The van der Waals surface area contributed by atoms with E-state index in [9.17, 15) is 14.4 Å². The molecular weight excluding hydrogens is 356 g/mol. The highest BCUT2D eigenvalue weighted by atomic mass is 16.2. The minimum Gasteiger partial charge on any atom is -0.327 e. The van der Waals surface area contributed by atoms with Crippen molar-refractivity contribution in [2.75, 3.05) is 50.7 Å². The molecule has 4 rings (SSSR count). The molecule has 0 saturated carbocycles.